The quantitative estimate of drug-likeness (QED) is 0.616. The Hall–Kier alpha value is -3.14. The summed E-state index contributed by atoms with van der Waals surface area (Å²) in [5.41, 5.74) is 0.140. The summed E-state index contributed by atoms with van der Waals surface area (Å²) in [6.07, 6.45) is 4.16. The Morgan fingerprint density at radius 1 is 1.17 bits per heavy atom. The molecule has 4 fully saturated rings. The molecule has 4 aliphatic rings. The lowest BCUT2D eigenvalue weighted by molar-refractivity contribution is -0.153. The highest BCUT2D eigenvalue weighted by Crippen LogP contribution is 2.62. The van der Waals surface area contributed by atoms with E-state index in [9.17, 15) is 9.59 Å². The van der Waals surface area contributed by atoms with Crippen molar-refractivity contribution in [3.05, 3.63) is 47.7 Å². The second kappa shape index (κ2) is 8.19. The summed E-state index contributed by atoms with van der Waals surface area (Å²) in [6.45, 7) is 6.83. The summed E-state index contributed by atoms with van der Waals surface area (Å²) in [5.74, 6) is 0.987. The summed E-state index contributed by atoms with van der Waals surface area (Å²) in [5, 5.41) is 13.2. The third-order valence-corrected chi connectivity index (χ3v) is 7.88. The average molecular weight is 496 g/mol. The fraction of sp³-hybridized carbons (Fsp3) is 0.615. The maximum Gasteiger partial charge on any atom is 0.407 e. The molecular formula is C26H33N5O5. The van der Waals surface area contributed by atoms with Crippen molar-refractivity contribution in [3.63, 3.8) is 0 Å². The van der Waals surface area contributed by atoms with Crippen molar-refractivity contribution < 1.29 is 23.6 Å². The highest BCUT2D eigenvalue weighted by Gasteiger charge is 2.64. The van der Waals surface area contributed by atoms with Gasteiger partial charge in [0.1, 0.15) is 18.2 Å². The molecule has 2 saturated heterocycles. The molecule has 6 rings (SSSR count). The first-order chi connectivity index (χ1) is 17.2. The zero-order valence-electron chi connectivity index (χ0n) is 21.0. The molecule has 36 heavy (non-hydrogen) atoms. The van der Waals surface area contributed by atoms with Crippen molar-refractivity contribution in [2.75, 3.05) is 13.1 Å². The van der Waals surface area contributed by atoms with Gasteiger partial charge in [0, 0.05) is 13.1 Å². The molecule has 2 bridgehead atoms. The number of hydroxylamine groups is 2. The number of hydrogen-bond acceptors (Lipinski definition) is 7. The van der Waals surface area contributed by atoms with Crippen molar-refractivity contribution in [1.82, 2.24) is 25.5 Å². The van der Waals surface area contributed by atoms with Gasteiger partial charge < -0.3 is 19.4 Å². The fourth-order valence-electron chi connectivity index (χ4n) is 5.47. The smallest absolute Gasteiger partial charge is 0.407 e. The van der Waals surface area contributed by atoms with Crippen LogP contribution in [-0.4, -0.2) is 57.0 Å². The zero-order chi connectivity index (χ0) is 25.1. The minimum absolute atomic E-state index is 0.0359. The van der Waals surface area contributed by atoms with Crippen LogP contribution in [0.4, 0.5) is 9.59 Å². The van der Waals surface area contributed by atoms with Crippen LogP contribution in [-0.2, 0) is 21.6 Å². The van der Waals surface area contributed by atoms with Crippen LogP contribution in [0.15, 0.2) is 34.7 Å². The number of carbonyl (C=O) groups is 2. The number of rotatable bonds is 7. The third-order valence-electron chi connectivity index (χ3n) is 7.88. The van der Waals surface area contributed by atoms with Gasteiger partial charge in [0.2, 0.25) is 11.8 Å². The van der Waals surface area contributed by atoms with E-state index in [1.54, 1.807) is 5.06 Å². The molecule has 3 amide bonds. The number of fused-ring (bicyclic) bond motifs is 3. The lowest BCUT2D eigenvalue weighted by Gasteiger charge is -2.35. The van der Waals surface area contributed by atoms with E-state index in [-0.39, 0.29) is 28.9 Å². The fourth-order valence-corrected chi connectivity index (χ4v) is 5.47. The topological polar surface area (TPSA) is 110 Å². The zero-order valence-corrected chi connectivity index (χ0v) is 21.0. The van der Waals surface area contributed by atoms with Gasteiger partial charge in [-0.1, -0.05) is 30.3 Å². The van der Waals surface area contributed by atoms with Crippen LogP contribution < -0.4 is 5.32 Å². The van der Waals surface area contributed by atoms with Gasteiger partial charge in [-0.15, -0.1) is 10.2 Å². The van der Waals surface area contributed by atoms with Gasteiger partial charge in [-0.3, -0.25) is 4.84 Å². The largest absolute Gasteiger partial charge is 0.444 e. The van der Waals surface area contributed by atoms with E-state index in [1.807, 2.05) is 56.0 Å². The van der Waals surface area contributed by atoms with Crippen LogP contribution in [0.2, 0.25) is 0 Å². The average Bonchev–Trinajstić information content (AvgIpc) is 3.73. The molecule has 2 aromatic rings. The SMILES string of the molecule is CC(C)(C)OC(=O)NCC1(c2nnc([C@@H]3CC4(CC4)[C@@H]4CN3C(=O)N4OCc3ccccc3)o2)CC1. The summed E-state index contributed by atoms with van der Waals surface area (Å²) in [7, 11) is 0. The molecule has 3 heterocycles. The van der Waals surface area contributed by atoms with E-state index in [0.29, 0.717) is 31.5 Å². The molecule has 1 N–H and O–H groups in total. The molecule has 2 atom stereocenters. The highest BCUT2D eigenvalue weighted by molar-refractivity contribution is 5.77. The maximum absolute atomic E-state index is 13.4. The molecule has 2 saturated carbocycles. The van der Waals surface area contributed by atoms with Crippen LogP contribution >= 0.6 is 0 Å². The van der Waals surface area contributed by atoms with Crippen LogP contribution in [0.25, 0.3) is 0 Å². The number of aromatic nitrogens is 2. The van der Waals surface area contributed by atoms with E-state index in [1.165, 1.54) is 0 Å². The Morgan fingerprint density at radius 2 is 1.92 bits per heavy atom. The molecular weight excluding hydrogens is 462 g/mol. The summed E-state index contributed by atoms with van der Waals surface area (Å²) < 4.78 is 11.6. The Labute approximate surface area is 210 Å². The van der Waals surface area contributed by atoms with Crippen LogP contribution in [0.3, 0.4) is 0 Å². The Morgan fingerprint density at radius 3 is 2.58 bits per heavy atom. The van der Waals surface area contributed by atoms with Crippen LogP contribution in [0.1, 0.15) is 76.3 Å². The number of piperidine rings is 1. The summed E-state index contributed by atoms with van der Waals surface area (Å²) in [6, 6.07) is 9.52. The number of nitrogens with one attached hydrogen (secondary N) is 1. The van der Waals surface area contributed by atoms with E-state index < -0.39 is 11.7 Å². The van der Waals surface area contributed by atoms with Crippen molar-refractivity contribution in [3.8, 4) is 0 Å². The first kappa shape index (κ1) is 23.3. The third kappa shape index (κ3) is 4.21. The Bertz CT molecular complexity index is 1150. The molecule has 2 aliphatic heterocycles. The second-order valence-electron chi connectivity index (χ2n) is 11.7. The number of nitrogens with zero attached hydrogens (tertiary/aromatic N) is 4. The van der Waals surface area contributed by atoms with E-state index in [4.69, 9.17) is 14.0 Å². The minimum Gasteiger partial charge on any atom is -0.444 e. The summed E-state index contributed by atoms with van der Waals surface area (Å²) in [4.78, 5) is 33.4. The highest BCUT2D eigenvalue weighted by atomic mass is 16.7. The van der Waals surface area contributed by atoms with Gasteiger partial charge in [0.25, 0.3) is 0 Å². The molecule has 0 radical (unpaired) electrons. The van der Waals surface area contributed by atoms with Gasteiger partial charge in [-0.05, 0) is 63.9 Å². The Kier molecular flexibility index (Phi) is 5.30. The molecule has 1 aromatic carbocycles. The van der Waals surface area contributed by atoms with Gasteiger partial charge in [-0.2, -0.15) is 5.06 Å². The standard InChI is InChI=1S/C26H33N5O5/c1-24(2,3)36-22(32)27-16-26(11-12-26)21-29-28-20(35-21)18-13-25(9-10-25)19-14-30(18)23(33)31(19)34-15-17-7-5-4-6-8-17/h4-8,18-19H,9-16H2,1-3H3,(H,27,32)/t18-,19-/m0/s1. The molecule has 0 unspecified atom stereocenters. The van der Waals surface area contributed by atoms with Crippen molar-refractivity contribution in [1.29, 1.82) is 0 Å². The van der Waals surface area contributed by atoms with Gasteiger partial charge >= 0.3 is 12.1 Å². The van der Waals surface area contributed by atoms with Gasteiger partial charge in [0.05, 0.1) is 11.5 Å². The number of alkyl carbamates (subject to hydrolysis) is 1. The molecule has 192 valence electrons. The predicted octanol–water partition coefficient (Wildman–Crippen LogP) is 4.09. The van der Waals surface area contributed by atoms with Gasteiger partial charge in [-0.25, -0.2) is 9.59 Å². The van der Waals surface area contributed by atoms with E-state index in [2.05, 4.69) is 15.5 Å². The number of hydrogen-bond donors (Lipinski definition) is 1. The lowest BCUT2D eigenvalue weighted by Crippen LogP contribution is -2.42. The summed E-state index contributed by atoms with van der Waals surface area (Å²) >= 11 is 0. The van der Waals surface area contributed by atoms with Crippen molar-refractivity contribution >= 4 is 12.1 Å². The minimum atomic E-state index is -0.559. The predicted molar refractivity (Wildman–Crippen MR) is 127 cm³/mol. The Balaban J connectivity index is 1.15. The first-order valence-electron chi connectivity index (χ1n) is 12.8. The molecule has 1 aromatic heterocycles. The monoisotopic (exact) mass is 495 g/mol. The van der Waals surface area contributed by atoms with E-state index in [0.717, 1.165) is 37.7 Å². The first-order valence-corrected chi connectivity index (χ1v) is 12.8. The normalized spacial score (nSPS) is 25.2. The molecule has 10 heteroatoms. The van der Waals surface area contributed by atoms with E-state index >= 15 is 0 Å². The molecule has 10 nitrogen and oxygen atoms in total. The van der Waals surface area contributed by atoms with Gasteiger partial charge in [0.15, 0.2) is 0 Å². The number of amides is 3. The number of ether oxygens (including phenoxy) is 1. The molecule has 1 spiro atoms. The van der Waals surface area contributed by atoms with Crippen molar-refractivity contribution in [2.45, 2.75) is 82.6 Å². The van der Waals surface area contributed by atoms with Crippen LogP contribution in [0, 0.1) is 5.41 Å². The maximum atomic E-state index is 13.4. The lowest BCUT2D eigenvalue weighted by atomic mass is 9.85. The number of carbonyl (C=O) groups excluding carboxylic acids is 2. The second-order valence-corrected chi connectivity index (χ2v) is 11.7. The number of urea groups is 1. The van der Waals surface area contributed by atoms with Crippen LogP contribution in [0.5, 0.6) is 0 Å². The van der Waals surface area contributed by atoms with Crippen molar-refractivity contribution in [2.24, 2.45) is 5.41 Å². The molecule has 2 aliphatic carbocycles. The number of benzene rings is 1.